The molecule has 0 aliphatic rings. The molecule has 0 fully saturated rings. The topological polar surface area (TPSA) is 62.8 Å². The molecule has 1 aromatic heterocycles. The van der Waals surface area contributed by atoms with Crippen LogP contribution < -0.4 is 5.56 Å². The zero-order chi connectivity index (χ0) is 8.81. The number of carbonyl (C=O) groups is 1. The van der Waals surface area contributed by atoms with E-state index in [4.69, 9.17) is 0 Å². The number of aromatic amines is 1. The molecule has 1 N–H and O–H groups in total. The van der Waals surface area contributed by atoms with Crippen LogP contribution in [0.1, 0.15) is 12.1 Å². The van der Waals surface area contributed by atoms with Gasteiger partial charge in [0, 0.05) is 6.20 Å². The van der Waals surface area contributed by atoms with E-state index in [0.29, 0.717) is 12.0 Å². The summed E-state index contributed by atoms with van der Waals surface area (Å²) in [6.45, 7) is 0. The highest BCUT2D eigenvalue weighted by Gasteiger charge is 1.85. The minimum Gasteiger partial charge on any atom is -0.325 e. The Morgan fingerprint density at radius 1 is 1.67 bits per heavy atom. The summed E-state index contributed by atoms with van der Waals surface area (Å²) in [5.41, 5.74) is 0.187. The summed E-state index contributed by atoms with van der Waals surface area (Å²) in [7, 11) is 0. The summed E-state index contributed by atoms with van der Waals surface area (Å²) in [5.74, 6) is 5.18. The first-order valence-electron chi connectivity index (χ1n) is 3.30. The molecule has 0 bridgehead atoms. The molecule has 0 saturated carbocycles. The second-order valence-electron chi connectivity index (χ2n) is 1.97. The summed E-state index contributed by atoms with van der Waals surface area (Å²) in [6.07, 6.45) is 3.44. The normalized spacial score (nSPS) is 8.33. The van der Waals surface area contributed by atoms with Gasteiger partial charge in [-0.05, 0) is 5.92 Å². The van der Waals surface area contributed by atoms with Crippen molar-refractivity contribution in [3.63, 3.8) is 0 Å². The summed E-state index contributed by atoms with van der Waals surface area (Å²) in [4.78, 5) is 26.5. The van der Waals surface area contributed by atoms with E-state index in [9.17, 15) is 9.59 Å². The summed E-state index contributed by atoms with van der Waals surface area (Å²) < 4.78 is 0. The molecule has 0 spiro atoms. The van der Waals surface area contributed by atoms with Crippen LogP contribution in [0.5, 0.6) is 0 Å². The van der Waals surface area contributed by atoms with Crippen LogP contribution in [-0.2, 0) is 4.79 Å². The van der Waals surface area contributed by atoms with E-state index in [2.05, 4.69) is 21.8 Å². The van der Waals surface area contributed by atoms with Gasteiger partial charge in [0.2, 0.25) is 0 Å². The molecule has 1 rings (SSSR count). The average molecular weight is 162 g/mol. The van der Waals surface area contributed by atoms with Gasteiger partial charge in [0.05, 0.1) is 12.6 Å². The van der Waals surface area contributed by atoms with Gasteiger partial charge in [0.1, 0.15) is 12.0 Å². The quantitative estimate of drug-likeness (QED) is 0.456. The number of rotatable bonds is 1. The van der Waals surface area contributed by atoms with Gasteiger partial charge in [-0.2, -0.15) is 0 Å². The summed E-state index contributed by atoms with van der Waals surface area (Å²) in [6, 6.07) is 0. The molecule has 0 aliphatic carbocycles. The van der Waals surface area contributed by atoms with E-state index >= 15 is 0 Å². The molecule has 0 aliphatic heterocycles. The highest BCUT2D eigenvalue weighted by molar-refractivity contribution is 5.54. The molecule has 60 valence electrons. The molecule has 0 atom stereocenters. The smallest absolute Gasteiger partial charge is 0.266 e. The fourth-order valence-electron chi connectivity index (χ4n) is 0.594. The SMILES string of the molecule is O=CCC#Cc1c[nH]c(=O)cn1. The maximum absolute atomic E-state index is 10.5. The van der Waals surface area contributed by atoms with Crippen LogP contribution in [0.3, 0.4) is 0 Å². The minimum atomic E-state index is -0.268. The van der Waals surface area contributed by atoms with Crippen molar-refractivity contribution in [2.45, 2.75) is 6.42 Å². The summed E-state index contributed by atoms with van der Waals surface area (Å²) in [5, 5.41) is 0. The molecule has 1 aromatic rings. The number of carbonyl (C=O) groups excluding carboxylic acids is 1. The Bertz CT molecular complexity index is 364. The number of hydrogen-bond acceptors (Lipinski definition) is 3. The standard InChI is InChI=1S/C8H6N2O2/c11-4-2-1-3-7-5-10-8(12)6-9-7/h4-6H,2H2,(H,10,12). The zero-order valence-electron chi connectivity index (χ0n) is 6.20. The predicted octanol–water partition coefficient (Wildman–Crippen LogP) is -0.290. The number of H-pyrrole nitrogens is 1. The van der Waals surface area contributed by atoms with Crippen LogP contribution in [0.25, 0.3) is 0 Å². The van der Waals surface area contributed by atoms with Crippen LogP contribution in [0.2, 0.25) is 0 Å². The van der Waals surface area contributed by atoms with Gasteiger partial charge in [-0.25, -0.2) is 4.98 Å². The number of nitrogens with zero attached hydrogens (tertiary/aromatic N) is 1. The Morgan fingerprint density at radius 2 is 2.50 bits per heavy atom. The van der Waals surface area contributed by atoms with Crippen LogP contribution >= 0.6 is 0 Å². The highest BCUT2D eigenvalue weighted by Crippen LogP contribution is 1.82. The van der Waals surface area contributed by atoms with E-state index in [-0.39, 0.29) is 12.0 Å². The Kier molecular flexibility index (Phi) is 2.79. The molecular formula is C8H6N2O2. The maximum atomic E-state index is 10.5. The lowest BCUT2D eigenvalue weighted by Crippen LogP contribution is -2.04. The first-order chi connectivity index (χ1) is 5.83. The van der Waals surface area contributed by atoms with Crippen molar-refractivity contribution >= 4 is 6.29 Å². The van der Waals surface area contributed by atoms with Gasteiger partial charge in [-0.1, -0.05) is 5.92 Å². The molecular weight excluding hydrogens is 156 g/mol. The number of hydrogen-bond donors (Lipinski definition) is 1. The fraction of sp³-hybridized carbons (Fsp3) is 0.125. The van der Waals surface area contributed by atoms with Crippen LogP contribution in [0, 0.1) is 11.8 Å². The first kappa shape index (κ1) is 8.21. The van der Waals surface area contributed by atoms with Crippen LogP contribution in [-0.4, -0.2) is 16.3 Å². The third-order valence-electron chi connectivity index (χ3n) is 1.07. The monoisotopic (exact) mass is 162 g/mol. The molecule has 0 amide bonds. The Hall–Kier alpha value is -1.89. The largest absolute Gasteiger partial charge is 0.325 e. The molecule has 0 saturated heterocycles. The van der Waals surface area contributed by atoms with Crippen LogP contribution in [0.4, 0.5) is 0 Å². The van der Waals surface area contributed by atoms with E-state index in [1.165, 1.54) is 6.20 Å². The Labute approximate surface area is 68.7 Å². The highest BCUT2D eigenvalue weighted by atomic mass is 16.1. The van der Waals surface area contributed by atoms with E-state index < -0.39 is 0 Å². The Balaban J connectivity index is 2.79. The molecule has 4 heteroatoms. The van der Waals surface area contributed by atoms with Gasteiger partial charge in [0.15, 0.2) is 0 Å². The predicted molar refractivity (Wildman–Crippen MR) is 42.4 cm³/mol. The molecule has 12 heavy (non-hydrogen) atoms. The van der Waals surface area contributed by atoms with Crippen molar-refractivity contribution < 1.29 is 4.79 Å². The van der Waals surface area contributed by atoms with E-state index in [1.54, 1.807) is 0 Å². The Morgan fingerprint density at radius 3 is 3.08 bits per heavy atom. The van der Waals surface area contributed by atoms with Gasteiger partial charge in [-0.3, -0.25) is 4.79 Å². The zero-order valence-corrected chi connectivity index (χ0v) is 6.20. The van der Waals surface area contributed by atoms with Gasteiger partial charge >= 0.3 is 0 Å². The van der Waals surface area contributed by atoms with E-state index in [1.807, 2.05) is 0 Å². The molecule has 0 unspecified atom stereocenters. The lowest BCUT2D eigenvalue weighted by molar-refractivity contribution is -0.107. The van der Waals surface area contributed by atoms with Gasteiger partial charge in [0.25, 0.3) is 5.56 Å². The third kappa shape index (κ3) is 2.39. The number of aldehydes is 1. The minimum absolute atomic E-state index is 0.181. The summed E-state index contributed by atoms with van der Waals surface area (Å²) >= 11 is 0. The van der Waals surface area contributed by atoms with Crippen molar-refractivity contribution in [1.29, 1.82) is 0 Å². The number of aromatic nitrogens is 2. The first-order valence-corrected chi connectivity index (χ1v) is 3.30. The van der Waals surface area contributed by atoms with E-state index in [0.717, 1.165) is 6.20 Å². The fourth-order valence-corrected chi connectivity index (χ4v) is 0.594. The molecule has 0 aromatic carbocycles. The maximum Gasteiger partial charge on any atom is 0.266 e. The van der Waals surface area contributed by atoms with Crippen LogP contribution in [0.15, 0.2) is 17.2 Å². The average Bonchev–Trinajstić information content (AvgIpc) is 2.09. The molecule has 0 radical (unpaired) electrons. The van der Waals surface area contributed by atoms with Crippen molar-refractivity contribution in [1.82, 2.24) is 9.97 Å². The van der Waals surface area contributed by atoms with Crippen molar-refractivity contribution in [3.05, 3.63) is 28.4 Å². The van der Waals surface area contributed by atoms with Gasteiger partial charge in [-0.15, -0.1) is 0 Å². The second-order valence-corrected chi connectivity index (χ2v) is 1.97. The second kappa shape index (κ2) is 4.09. The van der Waals surface area contributed by atoms with Crippen molar-refractivity contribution in [3.8, 4) is 11.8 Å². The number of nitrogens with one attached hydrogen (secondary N) is 1. The van der Waals surface area contributed by atoms with Crippen molar-refractivity contribution in [2.75, 3.05) is 0 Å². The molecule has 1 heterocycles. The third-order valence-corrected chi connectivity index (χ3v) is 1.07. The van der Waals surface area contributed by atoms with Gasteiger partial charge < -0.3 is 9.78 Å². The lowest BCUT2D eigenvalue weighted by atomic mass is 10.4. The lowest BCUT2D eigenvalue weighted by Gasteiger charge is -1.84. The molecule has 4 nitrogen and oxygen atoms in total. The van der Waals surface area contributed by atoms with Crippen molar-refractivity contribution in [2.24, 2.45) is 0 Å².